The number of carbonyl (C=O) groups is 1. The number of hydrogen-bond donors (Lipinski definition) is 1. The van der Waals surface area contributed by atoms with Crippen molar-refractivity contribution < 1.29 is 19.0 Å². The lowest BCUT2D eigenvalue weighted by molar-refractivity contribution is 0.0691. The molecule has 5 heteroatoms. The first-order valence-corrected chi connectivity index (χ1v) is 6.16. The smallest absolute Gasteiger partial charge is 0.338 e. The predicted octanol–water partition coefficient (Wildman–Crippen LogP) is 3.30. The van der Waals surface area contributed by atoms with Gasteiger partial charge in [0.2, 0.25) is 0 Å². The Morgan fingerprint density at radius 3 is 2.78 bits per heavy atom. The quantitative estimate of drug-likeness (QED) is 0.903. The summed E-state index contributed by atoms with van der Waals surface area (Å²) in [6.45, 7) is 0.731. The molecule has 3 nitrogen and oxygen atoms in total. The van der Waals surface area contributed by atoms with Gasteiger partial charge in [-0.05, 0) is 29.1 Å². The second kappa shape index (κ2) is 5.75. The van der Waals surface area contributed by atoms with Crippen LogP contribution in [0.15, 0.2) is 35.7 Å². The van der Waals surface area contributed by atoms with Crippen molar-refractivity contribution in [2.75, 3.05) is 0 Å². The number of aromatic carboxylic acids is 1. The molecule has 0 atom stereocenters. The highest BCUT2D eigenvalue weighted by molar-refractivity contribution is 7.09. The zero-order valence-electron chi connectivity index (χ0n) is 9.43. The highest BCUT2D eigenvalue weighted by Gasteiger charge is 2.10. The third kappa shape index (κ3) is 3.15. The number of thiophene rings is 1. The highest BCUT2D eigenvalue weighted by Crippen LogP contribution is 2.14. The van der Waals surface area contributed by atoms with Crippen LogP contribution in [0.1, 0.15) is 20.8 Å². The molecule has 0 radical (unpaired) electrons. The van der Waals surface area contributed by atoms with Crippen molar-refractivity contribution >= 4 is 17.3 Å². The van der Waals surface area contributed by atoms with Gasteiger partial charge in [0.25, 0.3) is 0 Å². The van der Waals surface area contributed by atoms with Crippen LogP contribution < -0.4 is 0 Å². The highest BCUT2D eigenvalue weighted by atomic mass is 32.1. The number of carboxylic acid groups (broad SMARTS) is 1. The number of carboxylic acids is 1. The second-order valence-electron chi connectivity index (χ2n) is 3.69. The molecule has 2 aromatic rings. The van der Waals surface area contributed by atoms with E-state index in [1.807, 2.05) is 17.5 Å². The van der Waals surface area contributed by atoms with Crippen molar-refractivity contribution in [2.45, 2.75) is 13.2 Å². The number of hydrogen-bond acceptors (Lipinski definition) is 3. The van der Waals surface area contributed by atoms with Gasteiger partial charge in [0.1, 0.15) is 5.82 Å². The van der Waals surface area contributed by atoms with Gasteiger partial charge in [-0.15, -0.1) is 11.3 Å². The minimum absolute atomic E-state index is 0.259. The molecule has 18 heavy (non-hydrogen) atoms. The Hall–Kier alpha value is -1.72. The molecule has 0 bridgehead atoms. The van der Waals surface area contributed by atoms with E-state index in [4.69, 9.17) is 9.84 Å². The first kappa shape index (κ1) is 12.7. The van der Waals surface area contributed by atoms with Crippen molar-refractivity contribution in [3.8, 4) is 0 Å². The summed E-state index contributed by atoms with van der Waals surface area (Å²) in [5.74, 6) is -2.00. The summed E-state index contributed by atoms with van der Waals surface area (Å²) in [4.78, 5) is 11.7. The molecule has 0 unspecified atom stereocenters. The zero-order valence-corrected chi connectivity index (χ0v) is 10.2. The van der Waals surface area contributed by atoms with Gasteiger partial charge < -0.3 is 9.84 Å². The molecular weight excluding hydrogens is 255 g/mol. The van der Waals surface area contributed by atoms with Crippen LogP contribution in [-0.4, -0.2) is 11.1 Å². The fraction of sp³-hybridized carbons (Fsp3) is 0.154. The predicted molar refractivity (Wildman–Crippen MR) is 66.2 cm³/mol. The number of halogens is 1. The average Bonchev–Trinajstić information content (AvgIpc) is 2.81. The van der Waals surface area contributed by atoms with E-state index >= 15 is 0 Å². The minimum atomic E-state index is -1.27. The largest absolute Gasteiger partial charge is 0.478 e. The Balaban J connectivity index is 1.94. The van der Waals surface area contributed by atoms with E-state index < -0.39 is 11.8 Å². The van der Waals surface area contributed by atoms with E-state index in [0.717, 1.165) is 4.88 Å². The molecule has 0 aliphatic heterocycles. The molecule has 94 valence electrons. The van der Waals surface area contributed by atoms with Gasteiger partial charge in [-0.3, -0.25) is 0 Å². The van der Waals surface area contributed by atoms with E-state index in [0.29, 0.717) is 12.2 Å². The maximum Gasteiger partial charge on any atom is 0.338 e. The van der Waals surface area contributed by atoms with Crippen LogP contribution in [0.3, 0.4) is 0 Å². The monoisotopic (exact) mass is 266 g/mol. The average molecular weight is 266 g/mol. The van der Waals surface area contributed by atoms with E-state index in [9.17, 15) is 9.18 Å². The summed E-state index contributed by atoms with van der Waals surface area (Å²) in [5.41, 5.74) is 0.297. The maximum absolute atomic E-state index is 13.4. The lowest BCUT2D eigenvalue weighted by Gasteiger charge is -2.04. The molecule has 1 N–H and O–H groups in total. The maximum atomic E-state index is 13.4. The molecule has 0 fully saturated rings. The molecule has 2 rings (SSSR count). The van der Waals surface area contributed by atoms with Crippen LogP contribution in [0.5, 0.6) is 0 Å². The summed E-state index contributed by atoms with van der Waals surface area (Å²) in [5, 5.41) is 10.6. The number of rotatable bonds is 5. The standard InChI is InChI=1S/C13H11FO3S/c14-12-6-9(3-4-11(12)13(15)16)7-17-8-10-2-1-5-18-10/h1-6H,7-8H2,(H,15,16). The van der Waals surface area contributed by atoms with Crippen LogP contribution in [0.25, 0.3) is 0 Å². The van der Waals surface area contributed by atoms with Crippen LogP contribution in [-0.2, 0) is 18.0 Å². The Bertz CT molecular complexity index is 537. The van der Waals surface area contributed by atoms with Crippen LogP contribution in [0.4, 0.5) is 4.39 Å². The lowest BCUT2D eigenvalue weighted by Crippen LogP contribution is -2.02. The van der Waals surface area contributed by atoms with Crippen molar-refractivity contribution in [1.82, 2.24) is 0 Å². The van der Waals surface area contributed by atoms with Crippen LogP contribution in [0.2, 0.25) is 0 Å². The van der Waals surface area contributed by atoms with Gasteiger partial charge in [0.05, 0.1) is 18.8 Å². The van der Waals surface area contributed by atoms with Gasteiger partial charge in [0.15, 0.2) is 0 Å². The van der Waals surface area contributed by atoms with E-state index in [1.165, 1.54) is 12.1 Å². The molecule has 1 aromatic carbocycles. The third-order valence-corrected chi connectivity index (χ3v) is 3.21. The topological polar surface area (TPSA) is 46.5 Å². The fourth-order valence-electron chi connectivity index (χ4n) is 1.49. The summed E-state index contributed by atoms with van der Waals surface area (Å²) in [6.07, 6.45) is 0. The molecule has 0 saturated heterocycles. The summed E-state index contributed by atoms with van der Waals surface area (Å²) >= 11 is 1.59. The zero-order chi connectivity index (χ0) is 13.0. The Kier molecular flexibility index (Phi) is 4.07. The molecule has 0 amide bonds. The number of benzene rings is 1. The van der Waals surface area contributed by atoms with Gasteiger partial charge >= 0.3 is 5.97 Å². The van der Waals surface area contributed by atoms with Crippen LogP contribution >= 0.6 is 11.3 Å². The van der Waals surface area contributed by atoms with E-state index in [2.05, 4.69) is 0 Å². The minimum Gasteiger partial charge on any atom is -0.478 e. The fourth-order valence-corrected chi connectivity index (χ4v) is 2.13. The lowest BCUT2D eigenvalue weighted by atomic mass is 10.1. The Morgan fingerprint density at radius 2 is 2.17 bits per heavy atom. The SMILES string of the molecule is O=C(O)c1ccc(COCc2cccs2)cc1F. The molecular formula is C13H11FO3S. The van der Waals surface area contributed by atoms with Gasteiger partial charge in [-0.2, -0.15) is 0 Å². The molecule has 1 heterocycles. The van der Waals surface area contributed by atoms with Crippen molar-refractivity contribution in [1.29, 1.82) is 0 Å². The van der Waals surface area contributed by atoms with Gasteiger partial charge in [-0.25, -0.2) is 9.18 Å². The third-order valence-electron chi connectivity index (χ3n) is 2.36. The Morgan fingerprint density at radius 1 is 1.33 bits per heavy atom. The molecule has 0 aliphatic carbocycles. The van der Waals surface area contributed by atoms with Crippen molar-refractivity contribution in [2.24, 2.45) is 0 Å². The first-order chi connectivity index (χ1) is 8.66. The van der Waals surface area contributed by atoms with E-state index in [1.54, 1.807) is 17.4 Å². The van der Waals surface area contributed by atoms with Crippen molar-refractivity contribution in [3.05, 3.63) is 57.5 Å². The van der Waals surface area contributed by atoms with Gasteiger partial charge in [-0.1, -0.05) is 12.1 Å². The van der Waals surface area contributed by atoms with Crippen molar-refractivity contribution in [3.63, 3.8) is 0 Å². The summed E-state index contributed by atoms with van der Waals surface area (Å²) < 4.78 is 18.8. The summed E-state index contributed by atoms with van der Waals surface area (Å²) in [6, 6.07) is 7.89. The molecule has 1 aromatic heterocycles. The van der Waals surface area contributed by atoms with Gasteiger partial charge in [0, 0.05) is 4.88 Å². The normalized spacial score (nSPS) is 10.5. The molecule has 0 spiro atoms. The number of ether oxygens (including phenoxy) is 1. The second-order valence-corrected chi connectivity index (χ2v) is 4.72. The molecule has 0 saturated carbocycles. The molecule has 0 aliphatic rings. The summed E-state index contributed by atoms with van der Waals surface area (Å²) in [7, 11) is 0. The van der Waals surface area contributed by atoms with E-state index in [-0.39, 0.29) is 12.2 Å². The van der Waals surface area contributed by atoms with Crippen LogP contribution in [0, 0.1) is 5.82 Å². The first-order valence-electron chi connectivity index (χ1n) is 5.28. The Labute approximate surface area is 107 Å².